The third-order valence-electron chi connectivity index (χ3n) is 8.25. The minimum Gasteiger partial charge on any atom is -0.480 e. The summed E-state index contributed by atoms with van der Waals surface area (Å²) in [6.45, 7) is 3.81. The highest BCUT2D eigenvalue weighted by molar-refractivity contribution is 7.98. The molecule has 0 aliphatic heterocycles. The summed E-state index contributed by atoms with van der Waals surface area (Å²) in [4.78, 5) is 59.2. The number of nitrogens with two attached hydrogens (primary N) is 1. The Morgan fingerprint density at radius 1 is 0.800 bits per heavy atom. The normalized spacial score (nSPS) is 14.8. The van der Waals surface area contributed by atoms with Crippen LogP contribution in [0.3, 0.4) is 0 Å². The monoisotopic (exact) mass is 634 g/mol. The second-order valence-electron chi connectivity index (χ2n) is 11.3. The van der Waals surface area contributed by atoms with Crippen molar-refractivity contribution in [2.24, 2.45) is 11.7 Å². The van der Waals surface area contributed by atoms with Crippen LogP contribution in [-0.2, 0) is 32.0 Å². The molecule has 5 unspecified atom stereocenters. The van der Waals surface area contributed by atoms with Crippen molar-refractivity contribution < 1.29 is 24.3 Å². The van der Waals surface area contributed by atoms with Gasteiger partial charge in [0.1, 0.15) is 18.1 Å². The first-order valence-corrected chi connectivity index (χ1v) is 16.5. The number of aromatic amines is 2. The Morgan fingerprint density at radius 2 is 1.27 bits per heavy atom. The molecule has 11 nitrogen and oxygen atoms in total. The summed E-state index contributed by atoms with van der Waals surface area (Å²) in [6.07, 6.45) is 6.57. The van der Waals surface area contributed by atoms with E-state index in [1.165, 1.54) is 11.8 Å². The zero-order chi connectivity index (χ0) is 32.5. The topological polar surface area (TPSA) is 182 Å². The van der Waals surface area contributed by atoms with Gasteiger partial charge in [0.2, 0.25) is 17.7 Å². The summed E-state index contributed by atoms with van der Waals surface area (Å²) < 4.78 is 0. The van der Waals surface area contributed by atoms with Crippen LogP contribution in [-0.4, -0.2) is 74.9 Å². The quantitative estimate of drug-likeness (QED) is 0.0988. The number of H-pyrrole nitrogens is 2. The van der Waals surface area contributed by atoms with E-state index >= 15 is 0 Å². The molecule has 0 aliphatic carbocycles. The molecule has 12 heteroatoms. The molecule has 4 rings (SSSR count). The number of benzene rings is 2. The molecule has 0 saturated carbocycles. The number of carbonyl (C=O) groups excluding carboxylic acids is 3. The van der Waals surface area contributed by atoms with Gasteiger partial charge in [0, 0.05) is 47.0 Å². The Bertz CT molecular complexity index is 1630. The van der Waals surface area contributed by atoms with Crippen molar-refractivity contribution >= 4 is 57.3 Å². The average Bonchev–Trinajstić information content (AvgIpc) is 3.65. The van der Waals surface area contributed by atoms with E-state index < -0.39 is 47.9 Å². The number of aliphatic carboxylic acids is 1. The SMILES string of the molecule is CCC(C)C(N)C(=O)NC(Cc1c[nH]c2ccccc12)C(=O)NC(Cc1c[nH]c2ccccc12)C(=O)NC(CCSC)C(=O)O. The summed E-state index contributed by atoms with van der Waals surface area (Å²) in [5.74, 6) is -2.41. The molecule has 240 valence electrons. The predicted octanol–water partition coefficient (Wildman–Crippen LogP) is 3.10. The Hall–Kier alpha value is -4.29. The Kier molecular flexibility index (Phi) is 11.7. The van der Waals surface area contributed by atoms with Crippen LogP contribution in [0.15, 0.2) is 60.9 Å². The maximum absolute atomic E-state index is 14.0. The van der Waals surface area contributed by atoms with E-state index in [4.69, 9.17) is 5.73 Å². The van der Waals surface area contributed by atoms with Crippen LogP contribution in [0.25, 0.3) is 21.8 Å². The minimum absolute atomic E-state index is 0.0938. The second-order valence-corrected chi connectivity index (χ2v) is 12.3. The van der Waals surface area contributed by atoms with E-state index in [0.717, 1.165) is 32.9 Å². The van der Waals surface area contributed by atoms with Gasteiger partial charge in [0.15, 0.2) is 0 Å². The fourth-order valence-corrected chi connectivity index (χ4v) is 5.75. The molecule has 2 aromatic carbocycles. The first-order chi connectivity index (χ1) is 21.6. The van der Waals surface area contributed by atoms with Crippen LogP contribution in [0.2, 0.25) is 0 Å². The lowest BCUT2D eigenvalue weighted by atomic mass is 9.97. The molecular weight excluding hydrogens is 592 g/mol. The van der Waals surface area contributed by atoms with Gasteiger partial charge in [-0.15, -0.1) is 0 Å². The number of para-hydroxylation sites is 2. The summed E-state index contributed by atoms with van der Waals surface area (Å²) >= 11 is 1.47. The highest BCUT2D eigenvalue weighted by atomic mass is 32.2. The molecule has 2 aromatic heterocycles. The standard InChI is InChI=1S/C33H42N6O5S/c1-4-19(2)29(34)32(42)39-28(16-21-18-36-25-12-8-6-10-23(21)25)31(41)38-27(30(40)37-26(33(43)44)13-14-45-3)15-20-17-35-24-11-7-5-9-22(20)24/h5-12,17-19,26-29,35-36H,4,13-16,34H2,1-3H3,(H,37,40)(H,38,41)(H,39,42)(H,43,44). The van der Waals surface area contributed by atoms with Gasteiger partial charge in [-0.05, 0) is 47.6 Å². The first kappa shape index (κ1) is 33.6. The van der Waals surface area contributed by atoms with Crippen molar-refractivity contribution in [3.8, 4) is 0 Å². The second kappa shape index (κ2) is 15.6. The molecule has 0 aliphatic rings. The highest BCUT2D eigenvalue weighted by Crippen LogP contribution is 2.21. The average molecular weight is 635 g/mol. The van der Waals surface area contributed by atoms with E-state index in [1.807, 2.05) is 68.6 Å². The van der Waals surface area contributed by atoms with Crippen molar-refractivity contribution in [3.05, 3.63) is 72.1 Å². The lowest BCUT2D eigenvalue weighted by molar-refractivity contribution is -0.142. The molecule has 0 bridgehead atoms. The number of amides is 3. The van der Waals surface area contributed by atoms with Crippen molar-refractivity contribution in [1.82, 2.24) is 25.9 Å². The van der Waals surface area contributed by atoms with E-state index in [-0.39, 0.29) is 25.2 Å². The van der Waals surface area contributed by atoms with Crippen LogP contribution in [0.4, 0.5) is 0 Å². The third-order valence-corrected chi connectivity index (χ3v) is 8.89. The maximum atomic E-state index is 14.0. The molecule has 45 heavy (non-hydrogen) atoms. The minimum atomic E-state index is -1.15. The Morgan fingerprint density at radius 3 is 1.73 bits per heavy atom. The van der Waals surface area contributed by atoms with Gasteiger partial charge >= 0.3 is 5.97 Å². The van der Waals surface area contributed by atoms with Gasteiger partial charge in [0.05, 0.1) is 6.04 Å². The number of carboxylic acid groups (broad SMARTS) is 1. The van der Waals surface area contributed by atoms with E-state index in [1.54, 1.807) is 12.4 Å². The lowest BCUT2D eigenvalue weighted by Crippen LogP contribution is -2.58. The van der Waals surface area contributed by atoms with E-state index in [2.05, 4.69) is 25.9 Å². The third kappa shape index (κ3) is 8.46. The number of hydrogen-bond acceptors (Lipinski definition) is 6. The summed E-state index contributed by atoms with van der Waals surface area (Å²) in [5.41, 5.74) is 9.56. The van der Waals surface area contributed by atoms with Gasteiger partial charge in [0.25, 0.3) is 0 Å². The number of carboxylic acids is 1. The van der Waals surface area contributed by atoms with Gasteiger partial charge in [-0.3, -0.25) is 14.4 Å². The number of hydrogen-bond donors (Lipinski definition) is 7. The molecule has 0 spiro atoms. The molecule has 2 heterocycles. The molecule has 0 saturated heterocycles. The lowest BCUT2D eigenvalue weighted by Gasteiger charge is -2.26. The molecule has 5 atom stereocenters. The maximum Gasteiger partial charge on any atom is 0.326 e. The smallest absolute Gasteiger partial charge is 0.326 e. The number of fused-ring (bicyclic) bond motifs is 2. The van der Waals surface area contributed by atoms with Gasteiger partial charge in [-0.1, -0.05) is 56.7 Å². The molecule has 4 aromatic rings. The largest absolute Gasteiger partial charge is 0.480 e. The molecule has 0 radical (unpaired) electrons. The number of rotatable bonds is 16. The zero-order valence-electron chi connectivity index (χ0n) is 25.8. The number of aromatic nitrogens is 2. The molecule has 8 N–H and O–H groups in total. The van der Waals surface area contributed by atoms with Crippen molar-refractivity contribution in [3.63, 3.8) is 0 Å². The van der Waals surface area contributed by atoms with Gasteiger partial charge in [-0.25, -0.2) is 4.79 Å². The fraction of sp³-hybridized carbons (Fsp3) is 0.394. The van der Waals surface area contributed by atoms with E-state index in [9.17, 15) is 24.3 Å². The van der Waals surface area contributed by atoms with Gasteiger partial charge < -0.3 is 36.8 Å². The van der Waals surface area contributed by atoms with Crippen LogP contribution in [0.1, 0.15) is 37.8 Å². The van der Waals surface area contributed by atoms with Crippen LogP contribution < -0.4 is 21.7 Å². The van der Waals surface area contributed by atoms with Crippen LogP contribution in [0, 0.1) is 5.92 Å². The van der Waals surface area contributed by atoms with E-state index in [0.29, 0.717) is 12.2 Å². The molecule has 3 amide bonds. The Balaban J connectivity index is 1.64. The zero-order valence-corrected chi connectivity index (χ0v) is 26.6. The van der Waals surface area contributed by atoms with Crippen LogP contribution >= 0.6 is 11.8 Å². The summed E-state index contributed by atoms with van der Waals surface area (Å²) in [6, 6.07) is 11.1. The summed E-state index contributed by atoms with van der Waals surface area (Å²) in [7, 11) is 0. The molecular formula is C33H42N6O5S. The number of thioether (sulfide) groups is 1. The number of nitrogens with one attached hydrogen (secondary N) is 5. The van der Waals surface area contributed by atoms with Crippen LogP contribution in [0.5, 0.6) is 0 Å². The van der Waals surface area contributed by atoms with Crippen molar-refractivity contribution in [2.45, 2.75) is 63.7 Å². The molecule has 0 fully saturated rings. The Labute approximate surface area is 266 Å². The predicted molar refractivity (Wildman–Crippen MR) is 178 cm³/mol. The number of carbonyl (C=O) groups is 4. The highest BCUT2D eigenvalue weighted by Gasteiger charge is 2.32. The van der Waals surface area contributed by atoms with Crippen molar-refractivity contribution in [1.29, 1.82) is 0 Å². The fourth-order valence-electron chi connectivity index (χ4n) is 5.28. The van der Waals surface area contributed by atoms with Crippen molar-refractivity contribution in [2.75, 3.05) is 12.0 Å². The summed E-state index contributed by atoms with van der Waals surface area (Å²) in [5, 5.41) is 19.8. The first-order valence-electron chi connectivity index (χ1n) is 15.1. The van der Waals surface area contributed by atoms with Gasteiger partial charge in [-0.2, -0.15) is 11.8 Å².